The van der Waals surface area contributed by atoms with E-state index in [-0.39, 0.29) is 0 Å². The molecule has 11 heavy (non-hydrogen) atoms. The number of alkyl halides is 7. The first-order chi connectivity index (χ1) is 4.63. The van der Waals surface area contributed by atoms with Crippen LogP contribution in [0.1, 0.15) is 0 Å². The van der Waals surface area contributed by atoms with Gasteiger partial charge in [-0.25, -0.2) is 9.13 Å². The minimum Gasteiger partial charge on any atom is -0.247 e. The molecular formula is C3HF7O. The minimum atomic E-state index is -5.64. The normalized spacial score (nSPS) is 16.6. The number of hydrogen-bond acceptors (Lipinski definition) is 1. The van der Waals surface area contributed by atoms with Crippen LogP contribution in [0.5, 0.6) is 0 Å². The van der Waals surface area contributed by atoms with Crippen LogP contribution in [-0.2, 0) is 4.74 Å². The van der Waals surface area contributed by atoms with E-state index in [0.717, 1.165) is 0 Å². The fourth-order valence-corrected chi connectivity index (χ4v) is 0.184. The molecule has 68 valence electrons. The Labute approximate surface area is 55.7 Å². The zero-order valence-electron chi connectivity index (χ0n) is 4.63. The maximum absolute atomic E-state index is 11.3. The Bertz CT molecular complexity index is 123. The van der Waals surface area contributed by atoms with Gasteiger partial charge < -0.3 is 0 Å². The average Bonchev–Trinajstić information content (AvgIpc) is 1.56. The largest absolute Gasteiger partial charge is 0.525 e. The van der Waals surface area contributed by atoms with Crippen LogP contribution in [0.25, 0.3) is 0 Å². The van der Waals surface area contributed by atoms with Crippen LogP contribution in [0.15, 0.2) is 0 Å². The molecule has 0 aliphatic rings. The van der Waals surface area contributed by atoms with Gasteiger partial charge in [0.25, 0.3) is 0 Å². The molecule has 0 aliphatic carbocycles. The molecule has 1 atom stereocenters. The molecule has 0 saturated carbocycles. The molecule has 0 amide bonds. The average molecular weight is 186 g/mol. The van der Waals surface area contributed by atoms with Gasteiger partial charge in [0.1, 0.15) is 0 Å². The molecule has 1 nitrogen and oxygen atoms in total. The minimum absolute atomic E-state index is 2.01. The third kappa shape index (κ3) is 4.82. The van der Waals surface area contributed by atoms with E-state index in [4.69, 9.17) is 0 Å². The van der Waals surface area contributed by atoms with Gasteiger partial charge in [0.2, 0.25) is 0 Å². The Kier molecular flexibility index (Phi) is 2.70. The van der Waals surface area contributed by atoms with Crippen molar-refractivity contribution in [2.75, 3.05) is 0 Å². The van der Waals surface area contributed by atoms with Crippen molar-refractivity contribution >= 4 is 0 Å². The summed E-state index contributed by atoms with van der Waals surface area (Å²) in [6, 6.07) is 0. The van der Waals surface area contributed by atoms with Crippen molar-refractivity contribution in [3.05, 3.63) is 0 Å². The lowest BCUT2D eigenvalue weighted by Gasteiger charge is -2.14. The third-order valence-electron chi connectivity index (χ3n) is 0.494. The molecule has 0 rings (SSSR count). The van der Waals surface area contributed by atoms with E-state index in [1.54, 1.807) is 0 Å². The summed E-state index contributed by atoms with van der Waals surface area (Å²) in [5.41, 5.74) is 0. The maximum Gasteiger partial charge on any atom is 0.525 e. The molecule has 0 aliphatic heterocycles. The monoisotopic (exact) mass is 186 g/mol. The fraction of sp³-hybridized carbons (Fsp3) is 1.00. The van der Waals surface area contributed by atoms with Gasteiger partial charge in [0.15, 0.2) is 0 Å². The van der Waals surface area contributed by atoms with Gasteiger partial charge in [0.05, 0.1) is 0 Å². The molecule has 8 heteroatoms. The second-order valence-electron chi connectivity index (χ2n) is 1.42. The van der Waals surface area contributed by atoms with E-state index in [2.05, 4.69) is 0 Å². The van der Waals surface area contributed by atoms with E-state index in [0.29, 0.717) is 0 Å². The molecule has 0 radical (unpaired) electrons. The Morgan fingerprint density at radius 2 is 1.27 bits per heavy atom. The fourth-order valence-electron chi connectivity index (χ4n) is 0.184. The highest BCUT2D eigenvalue weighted by atomic mass is 19.4. The van der Waals surface area contributed by atoms with Crippen molar-refractivity contribution in [2.45, 2.75) is 18.9 Å². The van der Waals surface area contributed by atoms with Crippen LogP contribution in [-0.4, -0.2) is 18.9 Å². The van der Waals surface area contributed by atoms with Crippen LogP contribution in [0.3, 0.4) is 0 Å². The first-order valence-electron chi connectivity index (χ1n) is 2.08. The van der Waals surface area contributed by atoms with Gasteiger partial charge in [-0.05, 0) is 0 Å². The zero-order valence-corrected chi connectivity index (χ0v) is 4.63. The number of hydrogen-bond donors (Lipinski definition) is 0. The van der Waals surface area contributed by atoms with Crippen molar-refractivity contribution in [1.29, 1.82) is 0 Å². The molecule has 0 aromatic carbocycles. The van der Waals surface area contributed by atoms with Crippen molar-refractivity contribution in [2.24, 2.45) is 0 Å². The van der Waals surface area contributed by atoms with Gasteiger partial charge >= 0.3 is 18.9 Å². The lowest BCUT2D eigenvalue weighted by molar-refractivity contribution is -0.403. The van der Waals surface area contributed by atoms with Crippen molar-refractivity contribution < 1.29 is 35.5 Å². The first-order valence-corrected chi connectivity index (χ1v) is 2.08. The Morgan fingerprint density at radius 1 is 0.909 bits per heavy atom. The highest BCUT2D eigenvalue weighted by Gasteiger charge is 2.48. The van der Waals surface area contributed by atoms with Crippen molar-refractivity contribution in [3.63, 3.8) is 0 Å². The van der Waals surface area contributed by atoms with Crippen LogP contribution in [0.4, 0.5) is 30.7 Å². The van der Waals surface area contributed by atoms with E-state index < -0.39 is 18.9 Å². The lowest BCUT2D eigenvalue weighted by Crippen LogP contribution is -2.32. The second-order valence-corrected chi connectivity index (χ2v) is 1.42. The molecule has 0 saturated heterocycles. The summed E-state index contributed by atoms with van der Waals surface area (Å²) in [7, 11) is 0. The highest BCUT2D eigenvalue weighted by Crippen LogP contribution is 2.29. The summed E-state index contributed by atoms with van der Waals surface area (Å²) in [5.74, 6) is 0. The molecule has 0 bridgehead atoms. The molecular weight excluding hydrogens is 185 g/mol. The van der Waals surface area contributed by atoms with Gasteiger partial charge in [-0.3, -0.25) is 0 Å². The van der Waals surface area contributed by atoms with E-state index >= 15 is 0 Å². The van der Waals surface area contributed by atoms with Crippen LogP contribution < -0.4 is 0 Å². The molecule has 0 heterocycles. The van der Waals surface area contributed by atoms with Crippen molar-refractivity contribution in [3.8, 4) is 0 Å². The first kappa shape index (κ1) is 10.5. The quantitative estimate of drug-likeness (QED) is 0.571. The number of rotatable bonds is 1. The summed E-state index contributed by atoms with van der Waals surface area (Å²) in [5, 5.41) is 0. The maximum atomic E-state index is 11.3. The molecule has 0 N–H and O–H groups in total. The number of ether oxygens (including phenoxy) is 1. The van der Waals surface area contributed by atoms with Crippen molar-refractivity contribution in [1.82, 2.24) is 0 Å². The standard InChI is InChI=1S/C3HF7O/c4-1(2(5,6)7)11-3(8,9)10/h1H. The SMILES string of the molecule is FC(OC(F)(F)F)C(F)(F)F. The Hall–Kier alpha value is -0.530. The molecule has 1 unspecified atom stereocenters. The molecule has 0 aromatic heterocycles. The smallest absolute Gasteiger partial charge is 0.247 e. The predicted octanol–water partition coefficient (Wildman–Crippen LogP) is 2.38. The van der Waals surface area contributed by atoms with Crippen LogP contribution in [0, 0.1) is 0 Å². The number of halogens is 7. The Morgan fingerprint density at radius 3 is 1.36 bits per heavy atom. The van der Waals surface area contributed by atoms with E-state index in [9.17, 15) is 30.7 Å². The van der Waals surface area contributed by atoms with Gasteiger partial charge in [-0.15, -0.1) is 13.2 Å². The second kappa shape index (κ2) is 2.84. The van der Waals surface area contributed by atoms with Gasteiger partial charge in [-0.2, -0.15) is 13.2 Å². The summed E-state index contributed by atoms with van der Waals surface area (Å²) < 4.78 is 78.9. The Balaban J connectivity index is 3.99. The zero-order chi connectivity index (χ0) is 9.28. The summed E-state index contributed by atoms with van der Waals surface area (Å²) in [6.07, 6.45) is -15.6. The van der Waals surface area contributed by atoms with Gasteiger partial charge in [0, 0.05) is 0 Å². The highest BCUT2D eigenvalue weighted by molar-refractivity contribution is 4.53. The van der Waals surface area contributed by atoms with E-state index in [1.807, 2.05) is 4.74 Å². The molecule has 0 fully saturated rings. The molecule has 0 spiro atoms. The topological polar surface area (TPSA) is 9.23 Å². The lowest BCUT2D eigenvalue weighted by atomic mass is 10.7. The van der Waals surface area contributed by atoms with Crippen LogP contribution >= 0.6 is 0 Å². The molecule has 0 aromatic rings. The van der Waals surface area contributed by atoms with E-state index in [1.165, 1.54) is 0 Å². The van der Waals surface area contributed by atoms with Gasteiger partial charge in [-0.1, -0.05) is 0 Å². The summed E-state index contributed by atoms with van der Waals surface area (Å²) >= 11 is 0. The summed E-state index contributed by atoms with van der Waals surface area (Å²) in [4.78, 5) is 0. The third-order valence-corrected chi connectivity index (χ3v) is 0.494. The predicted molar refractivity (Wildman–Crippen MR) is 18.1 cm³/mol. The van der Waals surface area contributed by atoms with Crippen LogP contribution in [0.2, 0.25) is 0 Å². The summed E-state index contributed by atoms with van der Waals surface area (Å²) in [6.45, 7) is 0.